The van der Waals surface area contributed by atoms with Crippen LogP contribution in [0.15, 0.2) is 53.4 Å². The van der Waals surface area contributed by atoms with Gasteiger partial charge in [-0.1, -0.05) is 18.2 Å². The maximum absolute atomic E-state index is 13.1. The first-order valence-electron chi connectivity index (χ1n) is 8.19. The number of hydrogen-bond donors (Lipinski definition) is 2. The topological polar surface area (TPSA) is 102 Å². The van der Waals surface area contributed by atoms with E-state index in [0.717, 1.165) is 18.2 Å². The summed E-state index contributed by atoms with van der Waals surface area (Å²) in [4.78, 5) is 23.8. The van der Waals surface area contributed by atoms with Crippen molar-refractivity contribution in [2.75, 3.05) is 11.9 Å². The molecule has 0 radical (unpaired) electrons. The molecular formula is C18H18F2N2O5S. The van der Waals surface area contributed by atoms with Crippen LogP contribution in [0.2, 0.25) is 0 Å². The van der Waals surface area contributed by atoms with Crippen LogP contribution in [0.1, 0.15) is 13.3 Å². The van der Waals surface area contributed by atoms with Gasteiger partial charge in [-0.05, 0) is 31.2 Å². The summed E-state index contributed by atoms with van der Waals surface area (Å²) in [6.45, 7) is 1.08. The van der Waals surface area contributed by atoms with Gasteiger partial charge in [0.25, 0.3) is 5.91 Å². The molecule has 0 aliphatic carbocycles. The van der Waals surface area contributed by atoms with Crippen LogP contribution in [0, 0.1) is 11.6 Å². The van der Waals surface area contributed by atoms with E-state index in [1.807, 2.05) is 0 Å². The Morgan fingerprint density at radius 2 is 1.75 bits per heavy atom. The van der Waals surface area contributed by atoms with Gasteiger partial charge in [-0.25, -0.2) is 21.9 Å². The molecule has 0 aliphatic rings. The normalized spacial score (nSPS) is 12.2. The van der Waals surface area contributed by atoms with E-state index in [1.54, 1.807) is 18.2 Å². The van der Waals surface area contributed by atoms with Gasteiger partial charge in [0.15, 0.2) is 17.7 Å². The number of amides is 1. The average molecular weight is 412 g/mol. The average Bonchev–Trinajstić information content (AvgIpc) is 2.65. The molecule has 2 N–H and O–H groups in total. The van der Waals surface area contributed by atoms with E-state index < -0.39 is 39.6 Å². The van der Waals surface area contributed by atoms with Crippen LogP contribution in [0.5, 0.6) is 0 Å². The molecule has 2 rings (SSSR count). The zero-order chi connectivity index (χ0) is 20.7. The number of ether oxygens (including phenoxy) is 1. The lowest BCUT2D eigenvalue weighted by Crippen LogP contribution is -2.32. The van der Waals surface area contributed by atoms with E-state index in [-0.39, 0.29) is 23.5 Å². The monoisotopic (exact) mass is 412 g/mol. The number of anilines is 1. The van der Waals surface area contributed by atoms with Gasteiger partial charge in [0.2, 0.25) is 10.0 Å². The summed E-state index contributed by atoms with van der Waals surface area (Å²) in [6.07, 6.45) is -1.51. The third-order valence-electron chi connectivity index (χ3n) is 3.54. The fourth-order valence-corrected chi connectivity index (χ4v) is 3.15. The lowest BCUT2D eigenvalue weighted by Gasteiger charge is -2.14. The summed E-state index contributed by atoms with van der Waals surface area (Å²) >= 11 is 0. The van der Waals surface area contributed by atoms with Crippen molar-refractivity contribution in [3.63, 3.8) is 0 Å². The summed E-state index contributed by atoms with van der Waals surface area (Å²) < 4.78 is 57.2. The van der Waals surface area contributed by atoms with Crippen LogP contribution in [-0.2, 0) is 24.3 Å². The molecule has 1 atom stereocenters. The first-order valence-corrected chi connectivity index (χ1v) is 9.67. The molecule has 0 aromatic heterocycles. The molecule has 0 spiro atoms. The van der Waals surface area contributed by atoms with Gasteiger partial charge in [0.05, 0.1) is 11.3 Å². The first kappa shape index (κ1) is 21.5. The van der Waals surface area contributed by atoms with Crippen molar-refractivity contribution in [2.24, 2.45) is 0 Å². The SMILES string of the molecule is C[C@@H](OC(=O)CCNS(=O)(=O)c1ccccc1)C(=O)Nc1ccc(F)c(F)c1. The Balaban J connectivity index is 1.80. The Hall–Kier alpha value is -2.85. The number of nitrogens with one attached hydrogen (secondary N) is 2. The minimum atomic E-state index is -3.75. The number of carbonyl (C=O) groups excluding carboxylic acids is 2. The number of carbonyl (C=O) groups is 2. The van der Waals surface area contributed by atoms with Crippen LogP contribution < -0.4 is 10.0 Å². The molecule has 0 aliphatic heterocycles. The molecular weight excluding hydrogens is 394 g/mol. The molecule has 150 valence electrons. The van der Waals surface area contributed by atoms with Crippen molar-refractivity contribution in [1.29, 1.82) is 0 Å². The summed E-state index contributed by atoms with van der Waals surface area (Å²) in [5, 5.41) is 2.28. The standard InChI is InChI=1S/C18H18F2N2O5S/c1-12(18(24)22-13-7-8-15(19)16(20)11-13)27-17(23)9-10-21-28(25,26)14-5-3-2-4-6-14/h2-8,11-12,21H,9-10H2,1H3,(H,22,24)/t12-/m1/s1. The minimum absolute atomic E-state index is 0.00224. The van der Waals surface area contributed by atoms with E-state index >= 15 is 0 Å². The van der Waals surface area contributed by atoms with Gasteiger partial charge < -0.3 is 10.1 Å². The second-order valence-electron chi connectivity index (χ2n) is 5.71. The van der Waals surface area contributed by atoms with Gasteiger partial charge in [0.1, 0.15) is 0 Å². The van der Waals surface area contributed by atoms with Gasteiger partial charge in [-0.2, -0.15) is 0 Å². The summed E-state index contributed by atoms with van der Waals surface area (Å²) in [5.74, 6) is -3.74. The van der Waals surface area contributed by atoms with E-state index in [1.165, 1.54) is 19.1 Å². The molecule has 28 heavy (non-hydrogen) atoms. The van der Waals surface area contributed by atoms with Gasteiger partial charge in [0, 0.05) is 18.3 Å². The minimum Gasteiger partial charge on any atom is -0.452 e. The summed E-state index contributed by atoms with van der Waals surface area (Å²) in [5.41, 5.74) is 0.00224. The Kier molecular flexibility index (Phi) is 7.18. The predicted molar refractivity (Wildman–Crippen MR) is 96.8 cm³/mol. The zero-order valence-corrected chi connectivity index (χ0v) is 15.6. The number of esters is 1. The van der Waals surface area contributed by atoms with Gasteiger partial charge in [-0.3, -0.25) is 9.59 Å². The number of benzene rings is 2. The zero-order valence-electron chi connectivity index (χ0n) is 14.8. The van der Waals surface area contributed by atoms with Crippen molar-refractivity contribution in [3.05, 3.63) is 60.2 Å². The maximum Gasteiger partial charge on any atom is 0.307 e. The van der Waals surface area contributed by atoms with E-state index in [0.29, 0.717) is 0 Å². The number of sulfonamides is 1. The van der Waals surface area contributed by atoms with Crippen molar-refractivity contribution in [2.45, 2.75) is 24.3 Å². The predicted octanol–water partition coefficient (Wildman–Crippen LogP) is 2.20. The van der Waals surface area contributed by atoms with E-state index in [2.05, 4.69) is 10.0 Å². The molecule has 1 amide bonds. The molecule has 2 aromatic rings. The highest BCUT2D eigenvalue weighted by Crippen LogP contribution is 2.14. The third kappa shape index (κ3) is 6.10. The molecule has 0 heterocycles. The number of halogens is 2. The molecule has 7 nitrogen and oxygen atoms in total. The van der Waals surface area contributed by atoms with E-state index in [4.69, 9.17) is 4.74 Å². The largest absolute Gasteiger partial charge is 0.452 e. The Bertz CT molecular complexity index is 952. The highest BCUT2D eigenvalue weighted by molar-refractivity contribution is 7.89. The van der Waals surface area contributed by atoms with Crippen LogP contribution in [0.4, 0.5) is 14.5 Å². The maximum atomic E-state index is 13.1. The van der Waals surface area contributed by atoms with Crippen LogP contribution in [0.25, 0.3) is 0 Å². The molecule has 0 bridgehead atoms. The second-order valence-corrected chi connectivity index (χ2v) is 7.48. The van der Waals surface area contributed by atoms with Crippen molar-refractivity contribution in [3.8, 4) is 0 Å². The second kappa shape index (κ2) is 9.38. The number of hydrogen-bond acceptors (Lipinski definition) is 5. The molecule has 2 aromatic carbocycles. The first-order chi connectivity index (χ1) is 13.2. The van der Waals surface area contributed by atoms with Gasteiger partial charge in [-0.15, -0.1) is 0 Å². The summed E-state index contributed by atoms with van der Waals surface area (Å²) in [6, 6.07) is 10.4. The lowest BCUT2D eigenvalue weighted by molar-refractivity contribution is -0.152. The fraction of sp³-hybridized carbons (Fsp3) is 0.222. The van der Waals surface area contributed by atoms with Crippen molar-refractivity contribution >= 4 is 27.6 Å². The molecule has 0 saturated heterocycles. The highest BCUT2D eigenvalue weighted by Gasteiger charge is 2.19. The van der Waals surface area contributed by atoms with Crippen LogP contribution in [0.3, 0.4) is 0 Å². The quantitative estimate of drug-likeness (QED) is 0.648. The third-order valence-corrected chi connectivity index (χ3v) is 5.02. The molecule has 0 saturated carbocycles. The van der Waals surface area contributed by atoms with Crippen LogP contribution >= 0.6 is 0 Å². The smallest absolute Gasteiger partial charge is 0.307 e. The summed E-state index contributed by atoms with van der Waals surface area (Å²) in [7, 11) is -3.75. The van der Waals surface area contributed by atoms with Gasteiger partial charge >= 0.3 is 5.97 Å². The van der Waals surface area contributed by atoms with Crippen molar-refractivity contribution < 1.29 is 31.5 Å². The van der Waals surface area contributed by atoms with Crippen LogP contribution in [-0.4, -0.2) is 32.9 Å². The molecule has 0 fully saturated rings. The fourth-order valence-electron chi connectivity index (χ4n) is 2.10. The Labute approximate surface area is 160 Å². The molecule has 10 heteroatoms. The van der Waals surface area contributed by atoms with E-state index in [9.17, 15) is 26.8 Å². The lowest BCUT2D eigenvalue weighted by atomic mass is 10.2. The van der Waals surface area contributed by atoms with Crippen molar-refractivity contribution in [1.82, 2.24) is 4.72 Å². The Morgan fingerprint density at radius 1 is 1.07 bits per heavy atom. The highest BCUT2D eigenvalue weighted by atomic mass is 32.2. The number of rotatable bonds is 8. The Morgan fingerprint density at radius 3 is 2.39 bits per heavy atom. The molecule has 0 unspecified atom stereocenters.